The van der Waals surface area contributed by atoms with Gasteiger partial charge in [0.1, 0.15) is 5.60 Å². The van der Waals surface area contributed by atoms with Gasteiger partial charge in [-0.3, -0.25) is 0 Å². The first-order chi connectivity index (χ1) is 8.30. The summed E-state index contributed by atoms with van der Waals surface area (Å²) in [5.74, 6) is 0. The van der Waals surface area contributed by atoms with Crippen molar-refractivity contribution < 1.29 is 5.11 Å². The Kier molecular flexibility index (Phi) is 2.44. The zero-order valence-electron chi connectivity index (χ0n) is 9.58. The predicted molar refractivity (Wildman–Crippen MR) is 63.7 cm³/mol. The van der Waals surface area contributed by atoms with Crippen LogP contribution in [0.1, 0.15) is 31.4 Å². The highest BCUT2D eigenvalue weighted by Gasteiger charge is 2.36. The topological polar surface area (TPSA) is 50.9 Å². The van der Waals surface area contributed by atoms with Crippen LogP contribution in [0.4, 0.5) is 0 Å². The largest absolute Gasteiger partial charge is 0.383 e. The Bertz CT molecular complexity index is 500. The lowest BCUT2D eigenvalue weighted by atomic mass is 9.98. The molecule has 1 N–H and O–H groups in total. The molecule has 1 aliphatic rings. The average Bonchev–Trinajstić information content (AvgIpc) is 2.99. The molecule has 1 aromatic carbocycles. The minimum absolute atomic E-state index is 0.751. The van der Waals surface area contributed by atoms with E-state index in [0.717, 1.165) is 37.1 Å². The molecule has 1 fully saturated rings. The summed E-state index contributed by atoms with van der Waals surface area (Å²) in [6.07, 6.45) is 5.41. The van der Waals surface area contributed by atoms with Gasteiger partial charge in [0, 0.05) is 0 Å². The summed E-state index contributed by atoms with van der Waals surface area (Å²) in [4.78, 5) is 0. The highest BCUT2D eigenvalue weighted by Crippen LogP contribution is 2.38. The van der Waals surface area contributed by atoms with Crippen LogP contribution >= 0.6 is 0 Å². The maximum atomic E-state index is 10.6. The lowest BCUT2D eigenvalue weighted by Gasteiger charge is -2.22. The number of aromatic nitrogens is 3. The van der Waals surface area contributed by atoms with Gasteiger partial charge in [0.2, 0.25) is 0 Å². The lowest BCUT2D eigenvalue weighted by Crippen LogP contribution is -2.24. The molecule has 17 heavy (non-hydrogen) atoms. The summed E-state index contributed by atoms with van der Waals surface area (Å²) in [5, 5.41) is 18.6. The summed E-state index contributed by atoms with van der Waals surface area (Å²) in [7, 11) is 0. The standard InChI is InChI=1S/C13H15N3O/c17-13(8-4-5-9-13)12-10-14-15-16(12)11-6-2-1-3-7-11/h1-3,6-7,10,17H,4-5,8-9H2. The highest BCUT2D eigenvalue weighted by atomic mass is 16.3. The third kappa shape index (κ3) is 1.74. The van der Waals surface area contributed by atoms with Gasteiger partial charge in [0.15, 0.2) is 0 Å². The second-order valence-electron chi connectivity index (χ2n) is 4.61. The minimum atomic E-state index is -0.751. The monoisotopic (exact) mass is 229 g/mol. The summed E-state index contributed by atoms with van der Waals surface area (Å²) in [6, 6.07) is 9.82. The van der Waals surface area contributed by atoms with Crippen LogP contribution in [0.15, 0.2) is 36.5 Å². The van der Waals surface area contributed by atoms with E-state index in [4.69, 9.17) is 0 Å². The molecule has 1 saturated carbocycles. The third-order valence-electron chi connectivity index (χ3n) is 3.46. The van der Waals surface area contributed by atoms with Crippen molar-refractivity contribution in [2.75, 3.05) is 0 Å². The number of hydrogen-bond donors (Lipinski definition) is 1. The first kappa shape index (κ1) is 10.5. The SMILES string of the molecule is OC1(c2cnnn2-c2ccccc2)CCCC1. The maximum absolute atomic E-state index is 10.6. The Balaban J connectivity index is 2.05. The minimum Gasteiger partial charge on any atom is -0.383 e. The molecule has 0 amide bonds. The van der Waals surface area contributed by atoms with E-state index in [0.29, 0.717) is 0 Å². The quantitative estimate of drug-likeness (QED) is 0.857. The number of para-hydroxylation sites is 1. The smallest absolute Gasteiger partial charge is 0.108 e. The molecule has 0 saturated heterocycles. The fraction of sp³-hybridized carbons (Fsp3) is 0.385. The highest BCUT2D eigenvalue weighted by molar-refractivity contribution is 5.33. The van der Waals surface area contributed by atoms with E-state index >= 15 is 0 Å². The molecule has 0 atom stereocenters. The van der Waals surface area contributed by atoms with E-state index in [1.807, 2.05) is 30.3 Å². The van der Waals surface area contributed by atoms with E-state index in [9.17, 15) is 5.11 Å². The second kappa shape index (κ2) is 3.96. The lowest BCUT2D eigenvalue weighted by molar-refractivity contribution is 0.0374. The Morgan fingerprint density at radius 1 is 1.12 bits per heavy atom. The first-order valence-corrected chi connectivity index (χ1v) is 5.99. The molecule has 4 heteroatoms. The average molecular weight is 229 g/mol. The van der Waals surface area contributed by atoms with Crippen molar-refractivity contribution in [1.82, 2.24) is 15.0 Å². The van der Waals surface area contributed by atoms with Crippen LogP contribution in [0.2, 0.25) is 0 Å². The number of benzene rings is 1. The third-order valence-corrected chi connectivity index (χ3v) is 3.46. The van der Waals surface area contributed by atoms with Gasteiger partial charge in [-0.2, -0.15) is 0 Å². The van der Waals surface area contributed by atoms with Crippen LogP contribution in [-0.2, 0) is 5.60 Å². The Morgan fingerprint density at radius 2 is 1.82 bits per heavy atom. The van der Waals surface area contributed by atoms with Crippen LogP contribution < -0.4 is 0 Å². The fourth-order valence-corrected chi connectivity index (χ4v) is 2.53. The molecule has 3 rings (SSSR count). The van der Waals surface area contributed by atoms with E-state index < -0.39 is 5.60 Å². The van der Waals surface area contributed by atoms with Crippen LogP contribution in [0.25, 0.3) is 5.69 Å². The molecule has 1 heterocycles. The summed E-state index contributed by atoms with van der Waals surface area (Å²) < 4.78 is 1.74. The maximum Gasteiger partial charge on any atom is 0.108 e. The van der Waals surface area contributed by atoms with Gasteiger partial charge in [-0.1, -0.05) is 36.3 Å². The summed E-state index contributed by atoms with van der Waals surface area (Å²) in [5.41, 5.74) is 1.00. The van der Waals surface area contributed by atoms with E-state index in [2.05, 4.69) is 10.3 Å². The molecule has 4 nitrogen and oxygen atoms in total. The first-order valence-electron chi connectivity index (χ1n) is 5.99. The summed E-state index contributed by atoms with van der Waals surface area (Å²) in [6.45, 7) is 0. The number of nitrogens with zero attached hydrogens (tertiary/aromatic N) is 3. The fourth-order valence-electron chi connectivity index (χ4n) is 2.53. The van der Waals surface area contributed by atoms with E-state index in [-0.39, 0.29) is 0 Å². The van der Waals surface area contributed by atoms with Crippen molar-refractivity contribution in [2.24, 2.45) is 0 Å². The molecular formula is C13H15N3O. The van der Waals surface area contributed by atoms with Gasteiger partial charge in [-0.25, -0.2) is 4.68 Å². The van der Waals surface area contributed by atoms with Crippen LogP contribution in [-0.4, -0.2) is 20.1 Å². The zero-order chi connectivity index (χ0) is 11.7. The van der Waals surface area contributed by atoms with Crippen LogP contribution in [0.3, 0.4) is 0 Å². The molecule has 0 unspecified atom stereocenters. The van der Waals surface area contributed by atoms with E-state index in [1.165, 1.54) is 0 Å². The molecular weight excluding hydrogens is 214 g/mol. The second-order valence-corrected chi connectivity index (χ2v) is 4.61. The molecule has 0 bridgehead atoms. The predicted octanol–water partition coefficient (Wildman–Crippen LogP) is 2.03. The number of hydrogen-bond acceptors (Lipinski definition) is 3. The Labute approximate surface area is 99.9 Å². The van der Waals surface area contributed by atoms with Gasteiger partial charge >= 0.3 is 0 Å². The van der Waals surface area contributed by atoms with Gasteiger partial charge in [0.05, 0.1) is 17.6 Å². The van der Waals surface area contributed by atoms with Crippen molar-refractivity contribution in [2.45, 2.75) is 31.3 Å². The van der Waals surface area contributed by atoms with Gasteiger partial charge in [-0.05, 0) is 25.0 Å². The Hall–Kier alpha value is -1.68. The number of rotatable bonds is 2. The van der Waals surface area contributed by atoms with Crippen molar-refractivity contribution in [3.63, 3.8) is 0 Å². The van der Waals surface area contributed by atoms with Gasteiger partial charge in [-0.15, -0.1) is 5.10 Å². The molecule has 1 aliphatic carbocycles. The molecule has 1 aromatic heterocycles. The molecule has 2 aromatic rings. The van der Waals surface area contributed by atoms with Crippen LogP contribution in [0.5, 0.6) is 0 Å². The van der Waals surface area contributed by atoms with Crippen molar-refractivity contribution in [1.29, 1.82) is 0 Å². The molecule has 88 valence electrons. The van der Waals surface area contributed by atoms with Gasteiger partial charge < -0.3 is 5.11 Å². The van der Waals surface area contributed by atoms with Crippen molar-refractivity contribution >= 4 is 0 Å². The van der Waals surface area contributed by atoms with Crippen molar-refractivity contribution in [3.05, 3.63) is 42.2 Å². The Morgan fingerprint density at radius 3 is 2.53 bits per heavy atom. The van der Waals surface area contributed by atoms with Crippen LogP contribution in [0, 0.1) is 0 Å². The van der Waals surface area contributed by atoms with Gasteiger partial charge in [0.25, 0.3) is 0 Å². The normalized spacial score (nSPS) is 18.4. The molecule has 0 radical (unpaired) electrons. The molecule has 0 spiro atoms. The summed E-state index contributed by atoms with van der Waals surface area (Å²) >= 11 is 0. The molecule has 0 aliphatic heterocycles. The van der Waals surface area contributed by atoms with E-state index in [1.54, 1.807) is 10.9 Å². The number of aliphatic hydroxyl groups is 1. The van der Waals surface area contributed by atoms with Crippen molar-refractivity contribution in [3.8, 4) is 5.69 Å². The zero-order valence-corrected chi connectivity index (χ0v) is 9.58.